The summed E-state index contributed by atoms with van der Waals surface area (Å²) < 4.78 is 2.06. The zero-order valence-corrected chi connectivity index (χ0v) is 11.9. The summed E-state index contributed by atoms with van der Waals surface area (Å²) in [5.74, 6) is 0.00269. The largest absolute Gasteiger partial charge is 0.390 e. The van der Waals surface area contributed by atoms with E-state index in [9.17, 15) is 9.90 Å². The van der Waals surface area contributed by atoms with Gasteiger partial charge < -0.3 is 15.0 Å². The van der Waals surface area contributed by atoms with Crippen molar-refractivity contribution in [2.45, 2.75) is 38.0 Å². The predicted molar refractivity (Wildman–Crippen MR) is 80.7 cm³/mol. The maximum Gasteiger partial charge on any atom is 0.220 e. The van der Waals surface area contributed by atoms with Crippen LogP contribution in [0.5, 0.6) is 0 Å². The van der Waals surface area contributed by atoms with Gasteiger partial charge in [-0.1, -0.05) is 24.3 Å². The quantitative estimate of drug-likeness (QED) is 0.883. The third kappa shape index (κ3) is 3.16. The first-order valence-electron chi connectivity index (χ1n) is 7.40. The number of carbonyl (C=O) groups excluding carboxylic acids is 1. The van der Waals surface area contributed by atoms with E-state index < -0.39 is 6.10 Å². The van der Waals surface area contributed by atoms with E-state index in [0.29, 0.717) is 12.8 Å². The Morgan fingerprint density at radius 1 is 1.24 bits per heavy atom. The van der Waals surface area contributed by atoms with E-state index in [1.165, 1.54) is 0 Å². The molecular formula is C17H20N2O2. The molecule has 1 heterocycles. The molecule has 110 valence electrons. The van der Waals surface area contributed by atoms with Crippen LogP contribution in [0.3, 0.4) is 0 Å². The molecule has 0 aliphatic heterocycles. The topological polar surface area (TPSA) is 54.3 Å². The Labute approximate surface area is 124 Å². The van der Waals surface area contributed by atoms with E-state index >= 15 is 0 Å². The number of hydrogen-bond acceptors (Lipinski definition) is 2. The molecule has 0 unspecified atom stereocenters. The van der Waals surface area contributed by atoms with Crippen LogP contribution in [0.15, 0.2) is 48.8 Å². The first-order valence-corrected chi connectivity index (χ1v) is 7.40. The van der Waals surface area contributed by atoms with Crippen LogP contribution in [0.25, 0.3) is 0 Å². The maximum atomic E-state index is 12.1. The number of rotatable bonds is 5. The number of nitrogens with zero attached hydrogens (tertiary/aromatic N) is 1. The Morgan fingerprint density at radius 3 is 2.81 bits per heavy atom. The first-order chi connectivity index (χ1) is 10.2. The maximum absolute atomic E-state index is 12.1. The van der Waals surface area contributed by atoms with E-state index in [-0.39, 0.29) is 11.9 Å². The van der Waals surface area contributed by atoms with Gasteiger partial charge in [-0.3, -0.25) is 4.79 Å². The Morgan fingerprint density at radius 2 is 2.00 bits per heavy atom. The minimum atomic E-state index is -0.518. The second-order valence-corrected chi connectivity index (χ2v) is 5.54. The summed E-state index contributed by atoms with van der Waals surface area (Å²) >= 11 is 0. The molecule has 1 aromatic heterocycles. The molecule has 1 aliphatic carbocycles. The van der Waals surface area contributed by atoms with Crippen molar-refractivity contribution in [1.29, 1.82) is 0 Å². The van der Waals surface area contributed by atoms with Crippen molar-refractivity contribution in [1.82, 2.24) is 9.88 Å². The summed E-state index contributed by atoms with van der Waals surface area (Å²) in [5.41, 5.74) is 2.17. The lowest BCUT2D eigenvalue weighted by Crippen LogP contribution is -2.33. The van der Waals surface area contributed by atoms with Gasteiger partial charge in [-0.25, -0.2) is 0 Å². The molecule has 3 rings (SSSR count). The number of aliphatic hydroxyl groups excluding tert-OH is 1. The number of benzene rings is 1. The van der Waals surface area contributed by atoms with E-state index in [1.807, 2.05) is 48.8 Å². The van der Waals surface area contributed by atoms with Crippen LogP contribution >= 0.6 is 0 Å². The van der Waals surface area contributed by atoms with Crippen molar-refractivity contribution >= 4 is 5.91 Å². The van der Waals surface area contributed by atoms with Crippen molar-refractivity contribution in [3.05, 3.63) is 59.9 Å². The van der Waals surface area contributed by atoms with Crippen molar-refractivity contribution < 1.29 is 9.90 Å². The number of aliphatic hydroxyl groups is 1. The predicted octanol–water partition coefficient (Wildman–Crippen LogP) is 2.04. The van der Waals surface area contributed by atoms with Crippen LogP contribution in [0.4, 0.5) is 0 Å². The summed E-state index contributed by atoms with van der Waals surface area (Å²) in [6, 6.07) is 11.6. The van der Waals surface area contributed by atoms with Crippen molar-refractivity contribution in [2.75, 3.05) is 0 Å². The highest BCUT2D eigenvalue weighted by Gasteiger charge is 2.31. The van der Waals surface area contributed by atoms with Gasteiger partial charge in [-0.2, -0.15) is 0 Å². The fourth-order valence-electron chi connectivity index (χ4n) is 2.93. The third-order valence-electron chi connectivity index (χ3n) is 4.01. The lowest BCUT2D eigenvalue weighted by molar-refractivity contribution is -0.122. The molecule has 4 nitrogen and oxygen atoms in total. The van der Waals surface area contributed by atoms with Crippen LogP contribution in [0.1, 0.15) is 30.0 Å². The third-order valence-corrected chi connectivity index (χ3v) is 4.01. The van der Waals surface area contributed by atoms with Gasteiger partial charge in [0.25, 0.3) is 0 Å². The molecule has 0 radical (unpaired) electrons. The minimum Gasteiger partial charge on any atom is -0.390 e. The van der Waals surface area contributed by atoms with Crippen LogP contribution in [-0.2, 0) is 17.8 Å². The number of carbonyl (C=O) groups is 1. The van der Waals surface area contributed by atoms with Crippen LogP contribution in [-0.4, -0.2) is 21.7 Å². The molecule has 0 saturated heterocycles. The molecule has 1 amide bonds. The fourth-order valence-corrected chi connectivity index (χ4v) is 2.93. The summed E-state index contributed by atoms with van der Waals surface area (Å²) in [7, 11) is 0. The second-order valence-electron chi connectivity index (χ2n) is 5.54. The van der Waals surface area contributed by atoms with Crippen molar-refractivity contribution in [3.63, 3.8) is 0 Å². The number of aryl methyl sites for hydroxylation is 1. The van der Waals surface area contributed by atoms with E-state index in [2.05, 4.69) is 9.88 Å². The normalized spacial score (nSPS) is 20.2. The van der Waals surface area contributed by atoms with Gasteiger partial charge in [0.05, 0.1) is 12.1 Å². The fraction of sp³-hybridized carbons (Fsp3) is 0.353. The van der Waals surface area contributed by atoms with E-state index in [4.69, 9.17) is 0 Å². The van der Waals surface area contributed by atoms with Crippen molar-refractivity contribution in [3.8, 4) is 0 Å². The Hall–Kier alpha value is -2.07. The Bertz CT molecular complexity index is 607. The van der Waals surface area contributed by atoms with Crippen LogP contribution < -0.4 is 5.32 Å². The summed E-state index contributed by atoms with van der Waals surface area (Å²) in [6.07, 6.45) is 5.36. The molecule has 0 spiro atoms. The summed E-state index contributed by atoms with van der Waals surface area (Å²) in [6.45, 7) is 0.838. The SMILES string of the molecule is O=C(CCCn1cccc1)N[C@@H]1c2ccccc2C[C@@H]1O. The van der Waals surface area contributed by atoms with Crippen LogP contribution in [0, 0.1) is 0 Å². The highest BCUT2D eigenvalue weighted by atomic mass is 16.3. The molecule has 4 heteroatoms. The average Bonchev–Trinajstić information content (AvgIpc) is 3.08. The number of nitrogens with one attached hydrogen (secondary N) is 1. The van der Waals surface area contributed by atoms with Gasteiger partial charge in [0.1, 0.15) is 0 Å². The smallest absolute Gasteiger partial charge is 0.220 e. The molecule has 2 aromatic rings. The van der Waals surface area contributed by atoms with Gasteiger partial charge in [-0.05, 0) is 29.7 Å². The van der Waals surface area contributed by atoms with Gasteiger partial charge in [0, 0.05) is 31.8 Å². The number of fused-ring (bicyclic) bond motifs is 1. The van der Waals surface area contributed by atoms with E-state index in [0.717, 1.165) is 24.1 Å². The summed E-state index contributed by atoms with van der Waals surface area (Å²) in [4.78, 5) is 12.1. The van der Waals surface area contributed by atoms with Crippen molar-refractivity contribution in [2.24, 2.45) is 0 Å². The molecule has 1 aromatic carbocycles. The average molecular weight is 284 g/mol. The molecule has 0 bridgehead atoms. The minimum absolute atomic E-state index is 0.00269. The lowest BCUT2D eigenvalue weighted by atomic mass is 10.1. The molecule has 2 N–H and O–H groups in total. The number of aromatic nitrogens is 1. The molecule has 0 saturated carbocycles. The van der Waals surface area contributed by atoms with Gasteiger partial charge >= 0.3 is 0 Å². The second kappa shape index (κ2) is 6.14. The molecule has 1 aliphatic rings. The van der Waals surface area contributed by atoms with Gasteiger partial charge in [0.2, 0.25) is 5.91 Å². The highest BCUT2D eigenvalue weighted by molar-refractivity contribution is 5.76. The standard InChI is InChI=1S/C17H20N2O2/c20-15-12-13-6-1-2-7-14(13)17(15)18-16(21)8-5-11-19-9-3-4-10-19/h1-4,6-7,9-10,15,17,20H,5,8,11-12H2,(H,18,21)/t15-,17+/m0/s1. The molecule has 2 atom stereocenters. The summed E-state index contributed by atoms with van der Waals surface area (Å²) in [5, 5.41) is 13.1. The van der Waals surface area contributed by atoms with Gasteiger partial charge in [0.15, 0.2) is 0 Å². The molecular weight excluding hydrogens is 264 g/mol. The van der Waals surface area contributed by atoms with E-state index in [1.54, 1.807) is 0 Å². The first kappa shape index (κ1) is 13.9. The monoisotopic (exact) mass is 284 g/mol. The number of amides is 1. The Kier molecular flexibility index (Phi) is 4.06. The zero-order valence-electron chi connectivity index (χ0n) is 11.9. The van der Waals surface area contributed by atoms with Gasteiger partial charge in [-0.15, -0.1) is 0 Å². The molecule has 0 fully saturated rings. The molecule has 21 heavy (non-hydrogen) atoms. The van der Waals surface area contributed by atoms with Crippen LogP contribution in [0.2, 0.25) is 0 Å². The zero-order chi connectivity index (χ0) is 14.7. The highest BCUT2D eigenvalue weighted by Crippen LogP contribution is 2.31. The number of hydrogen-bond donors (Lipinski definition) is 2. The lowest BCUT2D eigenvalue weighted by Gasteiger charge is -2.18. The Balaban J connectivity index is 1.53.